The van der Waals surface area contributed by atoms with Gasteiger partial charge in [-0.1, -0.05) is 73.1 Å². The van der Waals surface area contributed by atoms with E-state index >= 15 is 0 Å². The van der Waals surface area contributed by atoms with Gasteiger partial charge in [-0.25, -0.2) is 4.68 Å². The summed E-state index contributed by atoms with van der Waals surface area (Å²) in [6.07, 6.45) is 4.98. The van der Waals surface area contributed by atoms with E-state index in [4.69, 9.17) is 44.3 Å². The maximum atomic E-state index is 6.55. The summed E-state index contributed by atoms with van der Waals surface area (Å²) in [5.41, 5.74) is 4.05. The molecule has 170 valence electrons. The Morgan fingerprint density at radius 1 is 1.03 bits per heavy atom. The van der Waals surface area contributed by atoms with E-state index in [-0.39, 0.29) is 5.92 Å². The predicted octanol–water partition coefficient (Wildman–Crippen LogP) is 8.15. The zero-order valence-corrected chi connectivity index (χ0v) is 20.6. The van der Waals surface area contributed by atoms with E-state index in [1.165, 1.54) is 19.3 Å². The third kappa shape index (κ3) is 4.42. The Balaban J connectivity index is 1.59. The summed E-state index contributed by atoms with van der Waals surface area (Å²) in [5.74, 6) is 2.05. The Morgan fingerprint density at radius 3 is 2.42 bits per heavy atom. The van der Waals surface area contributed by atoms with Gasteiger partial charge in [0.1, 0.15) is 0 Å². The molecule has 0 N–H and O–H groups in total. The Kier molecular flexibility index (Phi) is 6.21. The summed E-state index contributed by atoms with van der Waals surface area (Å²) in [6.45, 7) is 4.14. The third-order valence-corrected chi connectivity index (χ3v) is 7.14. The van der Waals surface area contributed by atoms with Crippen LogP contribution in [0.5, 0.6) is 0 Å². The number of nitrogens with zero attached hydrogens (tertiary/aromatic N) is 4. The minimum Gasteiger partial charge on any atom is -0.419 e. The van der Waals surface area contributed by atoms with Crippen LogP contribution in [-0.4, -0.2) is 20.0 Å². The molecule has 1 aliphatic rings. The van der Waals surface area contributed by atoms with E-state index in [0.29, 0.717) is 38.2 Å². The number of aromatic nitrogens is 4. The molecule has 0 aliphatic heterocycles. The molecule has 8 heteroatoms. The van der Waals surface area contributed by atoms with Crippen molar-refractivity contribution in [2.24, 2.45) is 5.92 Å². The number of rotatable bonds is 6. The van der Waals surface area contributed by atoms with Gasteiger partial charge in [-0.2, -0.15) is 5.10 Å². The van der Waals surface area contributed by atoms with E-state index in [1.807, 2.05) is 37.3 Å². The van der Waals surface area contributed by atoms with Crippen molar-refractivity contribution in [3.63, 3.8) is 0 Å². The minimum atomic E-state index is 0.223. The van der Waals surface area contributed by atoms with Crippen LogP contribution in [0.1, 0.15) is 50.0 Å². The molecule has 1 atom stereocenters. The SMILES string of the molecule is Cc1c(-c2nnc(C(C)CC3CCC3)o2)nn(-c2ccc(Cl)cc2Cl)c1-c1ccc(Cl)cc1. The van der Waals surface area contributed by atoms with Crippen molar-refractivity contribution in [3.8, 4) is 28.5 Å². The summed E-state index contributed by atoms with van der Waals surface area (Å²) in [7, 11) is 0. The Morgan fingerprint density at radius 2 is 1.76 bits per heavy atom. The second kappa shape index (κ2) is 9.13. The smallest absolute Gasteiger partial charge is 0.268 e. The van der Waals surface area contributed by atoms with Crippen LogP contribution in [0.2, 0.25) is 15.1 Å². The van der Waals surface area contributed by atoms with Crippen molar-refractivity contribution < 1.29 is 4.42 Å². The predicted molar refractivity (Wildman–Crippen MR) is 132 cm³/mol. The number of hydrogen-bond acceptors (Lipinski definition) is 4. The van der Waals surface area contributed by atoms with Crippen LogP contribution in [-0.2, 0) is 0 Å². The molecular weight excluding hydrogens is 479 g/mol. The van der Waals surface area contributed by atoms with E-state index in [0.717, 1.165) is 29.2 Å². The zero-order valence-electron chi connectivity index (χ0n) is 18.4. The van der Waals surface area contributed by atoms with Crippen molar-refractivity contribution in [2.45, 2.75) is 45.4 Å². The van der Waals surface area contributed by atoms with Gasteiger partial charge in [0.25, 0.3) is 5.89 Å². The summed E-state index contributed by atoms with van der Waals surface area (Å²) in [6, 6.07) is 13.0. The van der Waals surface area contributed by atoms with E-state index in [1.54, 1.807) is 16.8 Å². The molecule has 0 amide bonds. The van der Waals surface area contributed by atoms with Crippen LogP contribution in [0, 0.1) is 12.8 Å². The molecule has 1 saturated carbocycles. The number of halogens is 3. The van der Waals surface area contributed by atoms with Crippen molar-refractivity contribution in [1.29, 1.82) is 0 Å². The van der Waals surface area contributed by atoms with Gasteiger partial charge in [0, 0.05) is 27.1 Å². The zero-order chi connectivity index (χ0) is 23.1. The second-order valence-corrected chi connectivity index (χ2v) is 10.00. The van der Waals surface area contributed by atoms with Crippen LogP contribution in [0.4, 0.5) is 0 Å². The lowest BCUT2D eigenvalue weighted by Crippen LogP contribution is -2.13. The maximum Gasteiger partial charge on any atom is 0.268 e. The van der Waals surface area contributed by atoms with Crippen LogP contribution in [0.15, 0.2) is 46.9 Å². The van der Waals surface area contributed by atoms with Crippen LogP contribution in [0.25, 0.3) is 28.5 Å². The van der Waals surface area contributed by atoms with E-state index in [9.17, 15) is 0 Å². The van der Waals surface area contributed by atoms with Crippen molar-refractivity contribution in [3.05, 3.63) is 69.0 Å². The first-order chi connectivity index (χ1) is 15.9. The van der Waals surface area contributed by atoms with Gasteiger partial charge in [0.05, 0.1) is 16.4 Å². The standard InChI is InChI=1S/C25H23Cl3N4O/c1-14(12-16-4-3-5-16)24-29-30-25(33-24)22-15(2)23(17-6-8-18(26)9-7-17)32(31-22)21-11-10-19(27)13-20(21)28/h6-11,13-14,16H,3-5,12H2,1-2H3. The monoisotopic (exact) mass is 500 g/mol. The molecule has 5 nitrogen and oxygen atoms in total. The van der Waals surface area contributed by atoms with Gasteiger partial charge in [0.2, 0.25) is 5.89 Å². The van der Waals surface area contributed by atoms with Crippen molar-refractivity contribution in [1.82, 2.24) is 20.0 Å². The molecule has 2 heterocycles. The molecule has 0 bridgehead atoms. The maximum absolute atomic E-state index is 6.55. The molecule has 1 fully saturated rings. The first-order valence-corrected chi connectivity index (χ1v) is 12.2. The average molecular weight is 502 g/mol. The Labute approximate surface area is 207 Å². The van der Waals surface area contributed by atoms with Gasteiger partial charge in [-0.15, -0.1) is 10.2 Å². The molecule has 2 aromatic heterocycles. The highest BCUT2D eigenvalue weighted by atomic mass is 35.5. The van der Waals surface area contributed by atoms with Gasteiger partial charge < -0.3 is 4.42 Å². The molecule has 5 rings (SSSR count). The molecule has 2 aromatic carbocycles. The van der Waals surface area contributed by atoms with Crippen LogP contribution in [0.3, 0.4) is 0 Å². The topological polar surface area (TPSA) is 56.7 Å². The second-order valence-electron chi connectivity index (χ2n) is 8.72. The highest BCUT2D eigenvalue weighted by Crippen LogP contribution is 2.38. The van der Waals surface area contributed by atoms with Crippen molar-refractivity contribution >= 4 is 34.8 Å². The molecule has 33 heavy (non-hydrogen) atoms. The Hall–Kier alpha value is -2.34. The van der Waals surface area contributed by atoms with Gasteiger partial charge >= 0.3 is 0 Å². The fraction of sp³-hybridized carbons (Fsp3) is 0.320. The van der Waals surface area contributed by atoms with Gasteiger partial charge in [-0.05, 0) is 49.6 Å². The fourth-order valence-corrected chi connectivity index (χ4v) is 4.95. The van der Waals surface area contributed by atoms with E-state index < -0.39 is 0 Å². The van der Waals surface area contributed by atoms with Gasteiger partial charge in [-0.3, -0.25) is 0 Å². The van der Waals surface area contributed by atoms with Gasteiger partial charge in [0.15, 0.2) is 5.69 Å². The Bertz CT molecular complexity index is 1290. The normalized spacial score (nSPS) is 14.9. The fourth-order valence-electron chi connectivity index (χ4n) is 4.33. The van der Waals surface area contributed by atoms with E-state index in [2.05, 4.69) is 17.1 Å². The molecule has 0 spiro atoms. The summed E-state index contributed by atoms with van der Waals surface area (Å²) in [5, 5.41) is 15.3. The van der Waals surface area contributed by atoms with Crippen LogP contribution < -0.4 is 0 Å². The minimum absolute atomic E-state index is 0.223. The van der Waals surface area contributed by atoms with Crippen molar-refractivity contribution in [2.75, 3.05) is 0 Å². The lowest BCUT2D eigenvalue weighted by atomic mass is 9.79. The molecule has 1 aliphatic carbocycles. The lowest BCUT2D eigenvalue weighted by Gasteiger charge is -2.26. The molecule has 0 radical (unpaired) electrons. The third-order valence-electron chi connectivity index (χ3n) is 6.35. The number of benzene rings is 2. The first-order valence-electron chi connectivity index (χ1n) is 11.1. The summed E-state index contributed by atoms with van der Waals surface area (Å²) in [4.78, 5) is 0. The number of hydrogen-bond donors (Lipinski definition) is 0. The average Bonchev–Trinajstić information content (AvgIpc) is 3.36. The first kappa shape index (κ1) is 22.5. The highest BCUT2D eigenvalue weighted by molar-refractivity contribution is 6.35. The summed E-state index contributed by atoms with van der Waals surface area (Å²) >= 11 is 18.8. The lowest BCUT2D eigenvalue weighted by molar-refractivity contribution is 0.267. The largest absolute Gasteiger partial charge is 0.419 e. The molecule has 4 aromatic rings. The molecular formula is C25H23Cl3N4O. The highest BCUT2D eigenvalue weighted by Gasteiger charge is 2.26. The van der Waals surface area contributed by atoms with Crippen LogP contribution >= 0.6 is 34.8 Å². The quantitative estimate of drug-likeness (QED) is 0.267. The summed E-state index contributed by atoms with van der Waals surface area (Å²) < 4.78 is 7.92. The molecule has 1 unspecified atom stereocenters. The molecule has 0 saturated heterocycles.